The van der Waals surface area contributed by atoms with Crippen molar-refractivity contribution in [2.24, 2.45) is 0 Å². The maximum absolute atomic E-state index is 13.1. The standard InChI is InChI=1S/C22H18F5N3O3/c1-13-10-18(31)19(28-30(13)16-5-3-4-15(11-16)22(25,26)27)20(32)29(2)12-14-6-8-17(9-7-14)33-21(23)24/h3-11,21H,12H2,1-2H3. The van der Waals surface area contributed by atoms with Gasteiger partial charge in [0.2, 0.25) is 5.43 Å². The Morgan fingerprint density at radius 1 is 1.12 bits per heavy atom. The third kappa shape index (κ3) is 5.73. The van der Waals surface area contributed by atoms with Gasteiger partial charge in [-0.2, -0.15) is 27.1 Å². The lowest BCUT2D eigenvalue weighted by Gasteiger charge is -2.18. The molecule has 0 saturated heterocycles. The first-order chi connectivity index (χ1) is 15.5. The Hall–Kier alpha value is -3.76. The van der Waals surface area contributed by atoms with Crippen LogP contribution in [0, 0.1) is 6.92 Å². The lowest BCUT2D eigenvalue weighted by molar-refractivity contribution is -0.137. The quantitative estimate of drug-likeness (QED) is 0.503. The number of hydrogen-bond donors (Lipinski definition) is 0. The van der Waals surface area contributed by atoms with Crippen LogP contribution in [0.1, 0.15) is 27.3 Å². The summed E-state index contributed by atoms with van der Waals surface area (Å²) in [5.74, 6) is -0.805. The predicted molar refractivity (Wildman–Crippen MR) is 108 cm³/mol. The van der Waals surface area contributed by atoms with Gasteiger partial charge in [-0.1, -0.05) is 18.2 Å². The van der Waals surface area contributed by atoms with E-state index in [0.717, 1.165) is 22.9 Å². The summed E-state index contributed by atoms with van der Waals surface area (Å²) in [5.41, 5.74) is -1.21. The number of carbonyl (C=O) groups is 1. The lowest BCUT2D eigenvalue weighted by Crippen LogP contribution is -2.33. The van der Waals surface area contributed by atoms with Gasteiger partial charge >= 0.3 is 12.8 Å². The average molecular weight is 467 g/mol. The van der Waals surface area contributed by atoms with Gasteiger partial charge in [0.25, 0.3) is 5.91 Å². The van der Waals surface area contributed by atoms with Crippen LogP contribution in [0.25, 0.3) is 5.69 Å². The molecule has 0 radical (unpaired) electrons. The summed E-state index contributed by atoms with van der Waals surface area (Å²) < 4.78 is 69.1. The number of aryl methyl sites for hydroxylation is 1. The normalized spacial score (nSPS) is 11.5. The summed E-state index contributed by atoms with van der Waals surface area (Å²) in [4.78, 5) is 26.4. The Labute approximate surface area is 184 Å². The number of aromatic nitrogens is 2. The lowest BCUT2D eigenvalue weighted by atomic mass is 10.2. The third-order valence-corrected chi connectivity index (χ3v) is 4.64. The Balaban J connectivity index is 1.87. The molecule has 3 aromatic rings. The number of hydrogen-bond acceptors (Lipinski definition) is 4. The van der Waals surface area contributed by atoms with Gasteiger partial charge in [-0.05, 0) is 42.8 Å². The van der Waals surface area contributed by atoms with Crippen LogP contribution < -0.4 is 10.2 Å². The van der Waals surface area contributed by atoms with E-state index in [1.165, 1.54) is 55.3 Å². The van der Waals surface area contributed by atoms with E-state index in [0.29, 0.717) is 5.56 Å². The predicted octanol–water partition coefficient (Wildman–Crippen LogP) is 4.43. The molecular weight excluding hydrogens is 449 g/mol. The number of alkyl halides is 5. The van der Waals surface area contributed by atoms with Crippen LogP contribution >= 0.6 is 0 Å². The molecule has 11 heteroatoms. The number of benzene rings is 2. The second kappa shape index (κ2) is 9.39. The Morgan fingerprint density at radius 2 is 1.79 bits per heavy atom. The molecule has 1 aromatic heterocycles. The first kappa shape index (κ1) is 23.9. The van der Waals surface area contributed by atoms with Crippen molar-refractivity contribution < 1.29 is 31.5 Å². The van der Waals surface area contributed by atoms with Crippen LogP contribution in [-0.2, 0) is 12.7 Å². The minimum atomic E-state index is -4.57. The van der Waals surface area contributed by atoms with Gasteiger partial charge in [-0.15, -0.1) is 0 Å². The molecule has 2 aromatic carbocycles. The van der Waals surface area contributed by atoms with Crippen LogP contribution in [0.4, 0.5) is 22.0 Å². The molecule has 0 saturated carbocycles. The molecule has 0 aliphatic heterocycles. The molecule has 174 valence electrons. The molecular formula is C22H18F5N3O3. The maximum atomic E-state index is 13.1. The van der Waals surface area contributed by atoms with Crippen molar-refractivity contribution >= 4 is 5.91 Å². The fourth-order valence-electron chi connectivity index (χ4n) is 3.07. The van der Waals surface area contributed by atoms with Gasteiger partial charge in [-0.3, -0.25) is 9.59 Å². The molecule has 0 atom stereocenters. The monoisotopic (exact) mass is 467 g/mol. The molecule has 3 rings (SSSR count). The highest BCUT2D eigenvalue weighted by Crippen LogP contribution is 2.30. The molecule has 0 fully saturated rings. The highest BCUT2D eigenvalue weighted by molar-refractivity contribution is 5.91. The number of ether oxygens (including phenoxy) is 1. The van der Waals surface area contributed by atoms with Crippen LogP contribution in [-0.4, -0.2) is 34.2 Å². The van der Waals surface area contributed by atoms with E-state index in [2.05, 4.69) is 9.84 Å². The minimum absolute atomic E-state index is 0.0202. The van der Waals surface area contributed by atoms with Gasteiger partial charge in [-0.25, -0.2) is 4.68 Å². The van der Waals surface area contributed by atoms with Gasteiger partial charge in [0.1, 0.15) is 5.75 Å². The van der Waals surface area contributed by atoms with Crippen molar-refractivity contribution in [3.63, 3.8) is 0 Å². The van der Waals surface area contributed by atoms with E-state index < -0.39 is 35.4 Å². The van der Waals surface area contributed by atoms with E-state index in [1.807, 2.05) is 0 Å². The van der Waals surface area contributed by atoms with Gasteiger partial charge < -0.3 is 9.64 Å². The molecule has 0 aliphatic rings. The van der Waals surface area contributed by atoms with Gasteiger partial charge in [0.15, 0.2) is 5.69 Å². The molecule has 0 N–H and O–H groups in total. The van der Waals surface area contributed by atoms with Crippen molar-refractivity contribution in [1.29, 1.82) is 0 Å². The molecule has 1 heterocycles. The second-order valence-corrected chi connectivity index (χ2v) is 7.14. The number of rotatable bonds is 6. The zero-order chi connectivity index (χ0) is 24.3. The van der Waals surface area contributed by atoms with Crippen molar-refractivity contribution in [2.75, 3.05) is 7.05 Å². The number of halogens is 5. The third-order valence-electron chi connectivity index (χ3n) is 4.64. The molecule has 0 aliphatic carbocycles. The molecule has 1 amide bonds. The summed E-state index contributed by atoms with van der Waals surface area (Å²) in [7, 11) is 1.40. The molecule has 0 spiro atoms. The van der Waals surface area contributed by atoms with E-state index in [9.17, 15) is 31.5 Å². The Morgan fingerprint density at radius 3 is 2.39 bits per heavy atom. The average Bonchev–Trinajstić information content (AvgIpc) is 2.74. The van der Waals surface area contributed by atoms with Crippen LogP contribution in [0.5, 0.6) is 5.75 Å². The fraction of sp³-hybridized carbons (Fsp3) is 0.227. The highest BCUT2D eigenvalue weighted by atomic mass is 19.4. The summed E-state index contributed by atoms with van der Waals surface area (Å²) in [6.07, 6.45) is -4.57. The summed E-state index contributed by atoms with van der Waals surface area (Å²) in [5, 5.41) is 4.02. The van der Waals surface area contributed by atoms with E-state index in [4.69, 9.17) is 0 Å². The topological polar surface area (TPSA) is 64.4 Å². The van der Waals surface area contributed by atoms with Crippen molar-refractivity contribution in [3.05, 3.63) is 87.3 Å². The van der Waals surface area contributed by atoms with E-state index in [-0.39, 0.29) is 23.7 Å². The highest BCUT2D eigenvalue weighted by Gasteiger charge is 2.30. The minimum Gasteiger partial charge on any atom is -0.435 e. The summed E-state index contributed by atoms with van der Waals surface area (Å²) in [6.45, 7) is -1.46. The largest absolute Gasteiger partial charge is 0.435 e. The summed E-state index contributed by atoms with van der Waals surface area (Å²) in [6, 6.07) is 11.0. The first-order valence-corrected chi connectivity index (χ1v) is 9.53. The van der Waals surface area contributed by atoms with Crippen molar-refractivity contribution in [3.8, 4) is 11.4 Å². The van der Waals surface area contributed by atoms with Crippen molar-refractivity contribution in [1.82, 2.24) is 14.7 Å². The van der Waals surface area contributed by atoms with Gasteiger partial charge in [0, 0.05) is 25.4 Å². The van der Waals surface area contributed by atoms with Crippen LogP contribution in [0.3, 0.4) is 0 Å². The van der Waals surface area contributed by atoms with Gasteiger partial charge in [0.05, 0.1) is 11.3 Å². The zero-order valence-corrected chi connectivity index (χ0v) is 17.4. The molecule has 0 unspecified atom stereocenters. The van der Waals surface area contributed by atoms with Crippen molar-refractivity contribution in [2.45, 2.75) is 26.3 Å². The fourth-order valence-corrected chi connectivity index (χ4v) is 3.07. The summed E-state index contributed by atoms with van der Waals surface area (Å²) >= 11 is 0. The second-order valence-electron chi connectivity index (χ2n) is 7.14. The number of amides is 1. The van der Waals surface area contributed by atoms with Crippen LogP contribution in [0.15, 0.2) is 59.4 Å². The first-order valence-electron chi connectivity index (χ1n) is 9.53. The van der Waals surface area contributed by atoms with Crippen LogP contribution in [0.2, 0.25) is 0 Å². The Bertz CT molecular complexity index is 1210. The molecule has 6 nitrogen and oxygen atoms in total. The number of carbonyl (C=O) groups excluding carboxylic acids is 1. The molecule has 0 bridgehead atoms. The SMILES string of the molecule is Cc1cc(=O)c(C(=O)N(C)Cc2ccc(OC(F)F)cc2)nn1-c1cccc(C(F)(F)F)c1. The van der Waals surface area contributed by atoms with E-state index in [1.54, 1.807) is 0 Å². The smallest absolute Gasteiger partial charge is 0.416 e. The maximum Gasteiger partial charge on any atom is 0.416 e. The van der Waals surface area contributed by atoms with E-state index >= 15 is 0 Å². The Kier molecular flexibility index (Phi) is 6.80. The number of nitrogens with zero attached hydrogens (tertiary/aromatic N) is 3. The molecule has 33 heavy (non-hydrogen) atoms. The zero-order valence-electron chi connectivity index (χ0n) is 17.4.